The van der Waals surface area contributed by atoms with Crippen molar-refractivity contribution in [2.24, 2.45) is 0 Å². The van der Waals surface area contributed by atoms with Crippen LogP contribution in [-0.4, -0.2) is 50.3 Å². The molecule has 0 atom stereocenters. The summed E-state index contributed by atoms with van der Waals surface area (Å²) in [7, 11) is 0. The molecule has 0 bridgehead atoms. The molecule has 0 saturated carbocycles. The van der Waals surface area contributed by atoms with Gasteiger partial charge in [0.2, 0.25) is 0 Å². The van der Waals surface area contributed by atoms with E-state index >= 15 is 0 Å². The Kier molecular flexibility index (Phi) is 8.16. The molecule has 0 unspecified atom stereocenters. The number of phenolic OH excluding ortho intramolecular Hbond substituents is 1. The SMILES string of the molecule is O=C(O)C(F)(F)F.Oc1ccc(Cl)c(Nc2ncnc3cc(-c4ccc(CN5CCCC5)cc4)sc23)c1. The number of hydrogen-bond donors (Lipinski definition) is 3. The summed E-state index contributed by atoms with van der Waals surface area (Å²) in [4.78, 5) is 21.4. The van der Waals surface area contributed by atoms with Gasteiger partial charge in [0, 0.05) is 17.5 Å². The Hall–Kier alpha value is -3.41. The molecule has 7 nitrogen and oxygen atoms in total. The van der Waals surface area contributed by atoms with Crippen molar-refractivity contribution in [2.45, 2.75) is 25.6 Å². The Morgan fingerprint density at radius 1 is 1.08 bits per heavy atom. The fourth-order valence-electron chi connectivity index (χ4n) is 3.80. The molecular formula is C25H22ClF3N4O3S. The fourth-order valence-corrected chi connectivity index (χ4v) is 5.02. The van der Waals surface area contributed by atoms with E-state index in [1.54, 1.807) is 29.5 Å². The molecular weight excluding hydrogens is 529 g/mol. The summed E-state index contributed by atoms with van der Waals surface area (Å²) in [5.41, 5.74) is 4.01. The third kappa shape index (κ3) is 6.88. The van der Waals surface area contributed by atoms with Crippen molar-refractivity contribution in [2.75, 3.05) is 18.4 Å². The van der Waals surface area contributed by atoms with Gasteiger partial charge in [-0.25, -0.2) is 14.8 Å². The fraction of sp³-hybridized carbons (Fsp3) is 0.240. The van der Waals surface area contributed by atoms with E-state index in [2.05, 4.69) is 50.5 Å². The summed E-state index contributed by atoms with van der Waals surface area (Å²) in [6.07, 6.45) is -0.923. The summed E-state index contributed by atoms with van der Waals surface area (Å²) < 4.78 is 32.7. The highest BCUT2D eigenvalue weighted by molar-refractivity contribution is 7.22. The van der Waals surface area contributed by atoms with Crippen LogP contribution in [0.4, 0.5) is 24.7 Å². The molecule has 0 aliphatic carbocycles. The molecule has 3 N–H and O–H groups in total. The van der Waals surface area contributed by atoms with Gasteiger partial charge in [-0.2, -0.15) is 13.2 Å². The van der Waals surface area contributed by atoms with E-state index < -0.39 is 12.1 Å². The van der Waals surface area contributed by atoms with Gasteiger partial charge in [-0.05, 0) is 55.3 Å². The first-order chi connectivity index (χ1) is 17.6. The monoisotopic (exact) mass is 550 g/mol. The summed E-state index contributed by atoms with van der Waals surface area (Å²) in [6.45, 7) is 3.43. The number of hydrogen-bond acceptors (Lipinski definition) is 7. The first-order valence-electron chi connectivity index (χ1n) is 11.2. The second-order valence-electron chi connectivity index (χ2n) is 8.32. The standard InChI is InChI=1S/C23H21ClN4OS.C2HF3O2/c24-18-8-7-17(29)11-19(18)27-23-22-20(25-14-26-23)12-21(30-22)16-5-3-15(4-6-16)13-28-9-1-2-10-28;3-2(4,5)1(6)7/h3-8,11-12,14,29H,1-2,9-10,13H2,(H,25,26,27);(H,6,7). The third-order valence-electron chi connectivity index (χ3n) is 5.60. The predicted molar refractivity (Wildman–Crippen MR) is 137 cm³/mol. The van der Waals surface area contributed by atoms with Gasteiger partial charge in [0.05, 0.1) is 20.9 Å². The summed E-state index contributed by atoms with van der Waals surface area (Å²) >= 11 is 7.90. The van der Waals surface area contributed by atoms with Crippen LogP contribution < -0.4 is 5.32 Å². The molecule has 4 aromatic rings. The number of aliphatic carboxylic acids is 1. The molecule has 1 aliphatic rings. The van der Waals surface area contributed by atoms with Crippen molar-refractivity contribution in [3.63, 3.8) is 0 Å². The van der Waals surface area contributed by atoms with Crippen LogP contribution in [0, 0.1) is 0 Å². The number of rotatable bonds is 5. The van der Waals surface area contributed by atoms with E-state index in [1.807, 2.05) is 0 Å². The maximum atomic E-state index is 10.6. The average molecular weight is 551 g/mol. The second-order valence-corrected chi connectivity index (χ2v) is 9.78. The van der Waals surface area contributed by atoms with Gasteiger partial charge in [0.15, 0.2) is 5.82 Å². The van der Waals surface area contributed by atoms with Crippen molar-refractivity contribution in [1.82, 2.24) is 14.9 Å². The number of halogens is 4. The number of fused-ring (bicyclic) bond motifs is 1. The largest absolute Gasteiger partial charge is 0.508 e. The van der Waals surface area contributed by atoms with Crippen LogP contribution in [0.2, 0.25) is 5.02 Å². The number of carboxylic acid groups (broad SMARTS) is 1. The van der Waals surface area contributed by atoms with E-state index in [4.69, 9.17) is 21.5 Å². The van der Waals surface area contributed by atoms with Gasteiger partial charge in [0.25, 0.3) is 0 Å². The average Bonchev–Trinajstić information content (AvgIpc) is 3.52. The van der Waals surface area contributed by atoms with Crippen molar-refractivity contribution < 1.29 is 28.2 Å². The Morgan fingerprint density at radius 2 is 1.76 bits per heavy atom. The number of carboxylic acids is 1. The van der Waals surface area contributed by atoms with Crippen LogP contribution in [0.1, 0.15) is 18.4 Å². The number of carbonyl (C=O) groups is 1. The molecule has 1 aliphatic heterocycles. The van der Waals surface area contributed by atoms with E-state index in [9.17, 15) is 18.3 Å². The second kappa shape index (κ2) is 11.3. The lowest BCUT2D eigenvalue weighted by Crippen LogP contribution is -2.21. The van der Waals surface area contributed by atoms with Crippen LogP contribution >= 0.6 is 22.9 Å². The van der Waals surface area contributed by atoms with E-state index in [0.717, 1.165) is 21.6 Å². The lowest BCUT2D eigenvalue weighted by molar-refractivity contribution is -0.192. The number of nitrogens with one attached hydrogen (secondary N) is 1. The lowest BCUT2D eigenvalue weighted by Gasteiger charge is -2.14. The number of thiophene rings is 1. The number of alkyl halides is 3. The molecule has 1 saturated heterocycles. The number of aromatic nitrogens is 2. The smallest absolute Gasteiger partial charge is 0.490 e. The minimum atomic E-state index is -5.08. The summed E-state index contributed by atoms with van der Waals surface area (Å²) in [5, 5.41) is 20.6. The van der Waals surface area contributed by atoms with E-state index in [-0.39, 0.29) is 5.75 Å². The molecule has 5 rings (SSSR count). The molecule has 1 fully saturated rings. The normalized spacial score (nSPS) is 13.8. The highest BCUT2D eigenvalue weighted by Gasteiger charge is 2.38. The zero-order valence-electron chi connectivity index (χ0n) is 19.3. The number of phenols is 1. The minimum Gasteiger partial charge on any atom is -0.508 e. The molecule has 2 aromatic carbocycles. The van der Waals surface area contributed by atoms with Gasteiger partial charge >= 0.3 is 12.1 Å². The molecule has 0 radical (unpaired) electrons. The molecule has 0 spiro atoms. The topological polar surface area (TPSA) is 98.6 Å². The van der Waals surface area contributed by atoms with Crippen LogP contribution in [-0.2, 0) is 11.3 Å². The van der Waals surface area contributed by atoms with Crippen molar-refractivity contribution in [3.8, 4) is 16.2 Å². The van der Waals surface area contributed by atoms with Gasteiger partial charge in [-0.3, -0.25) is 4.90 Å². The van der Waals surface area contributed by atoms with E-state index in [0.29, 0.717) is 16.5 Å². The first-order valence-corrected chi connectivity index (χ1v) is 12.4. The van der Waals surface area contributed by atoms with Crippen molar-refractivity contribution >= 4 is 50.6 Å². The molecule has 3 heterocycles. The number of aromatic hydroxyl groups is 1. The highest BCUT2D eigenvalue weighted by Crippen LogP contribution is 2.38. The number of likely N-dealkylation sites (tertiary alicyclic amines) is 1. The molecule has 12 heteroatoms. The first kappa shape index (κ1) is 26.6. The molecule has 0 amide bonds. The number of benzene rings is 2. The molecule has 37 heavy (non-hydrogen) atoms. The van der Waals surface area contributed by atoms with Crippen LogP contribution in [0.3, 0.4) is 0 Å². The Balaban J connectivity index is 0.000000405. The summed E-state index contributed by atoms with van der Waals surface area (Å²) in [6, 6.07) is 15.7. The maximum Gasteiger partial charge on any atom is 0.490 e. The Labute approximate surface area is 219 Å². The third-order valence-corrected chi connectivity index (χ3v) is 7.11. The lowest BCUT2D eigenvalue weighted by atomic mass is 10.1. The molecule has 194 valence electrons. The Morgan fingerprint density at radius 3 is 2.41 bits per heavy atom. The maximum absolute atomic E-state index is 10.6. The summed E-state index contributed by atoms with van der Waals surface area (Å²) in [5.74, 6) is -1.94. The number of nitrogens with zero attached hydrogens (tertiary/aromatic N) is 3. The van der Waals surface area contributed by atoms with Crippen LogP contribution in [0.25, 0.3) is 20.7 Å². The van der Waals surface area contributed by atoms with Gasteiger partial charge in [-0.1, -0.05) is 35.9 Å². The highest BCUT2D eigenvalue weighted by atomic mass is 35.5. The number of anilines is 2. The van der Waals surface area contributed by atoms with Crippen molar-refractivity contribution in [3.05, 3.63) is 65.4 Å². The zero-order chi connectivity index (χ0) is 26.6. The predicted octanol–water partition coefficient (Wildman–Crippen LogP) is 6.69. The minimum absolute atomic E-state index is 0.146. The van der Waals surface area contributed by atoms with E-state index in [1.165, 1.54) is 43.4 Å². The van der Waals surface area contributed by atoms with Gasteiger partial charge in [0.1, 0.15) is 12.1 Å². The Bertz CT molecular complexity index is 1390. The van der Waals surface area contributed by atoms with Crippen LogP contribution in [0.15, 0.2) is 54.9 Å². The molecule has 2 aromatic heterocycles. The van der Waals surface area contributed by atoms with Gasteiger partial charge in [-0.15, -0.1) is 11.3 Å². The quantitative estimate of drug-likeness (QED) is 0.254. The van der Waals surface area contributed by atoms with Crippen LogP contribution in [0.5, 0.6) is 5.75 Å². The van der Waals surface area contributed by atoms with Gasteiger partial charge < -0.3 is 15.5 Å². The zero-order valence-corrected chi connectivity index (χ0v) is 20.9. The van der Waals surface area contributed by atoms with Crippen molar-refractivity contribution in [1.29, 1.82) is 0 Å².